The average Bonchev–Trinajstić information content (AvgIpc) is 3.63. The van der Waals surface area contributed by atoms with Crippen LogP contribution >= 0.6 is 0 Å². The molecule has 1 nitrogen and oxygen atoms in total. The second-order valence-electron chi connectivity index (χ2n) is 10.4. The topological polar surface area (TPSA) is 9.23 Å². The molecule has 0 amide bonds. The highest BCUT2D eigenvalue weighted by molar-refractivity contribution is 5.31. The Morgan fingerprint density at radius 3 is 2.29 bits per heavy atom. The van der Waals surface area contributed by atoms with E-state index in [0.29, 0.717) is 18.6 Å². The second-order valence-corrected chi connectivity index (χ2v) is 10.4. The molecule has 0 saturated heterocycles. The number of unbranched alkanes of at least 4 members (excludes halogenated alkanes) is 1. The van der Waals surface area contributed by atoms with Crippen molar-refractivity contribution in [3.05, 3.63) is 41.0 Å². The predicted octanol–water partition coefficient (Wildman–Crippen LogP) is 8.41. The SMILES string of the molecule is CCCCC1CCC(C2CC=C(COc3ccc(CCC4CC4)c(F)c3F)CC2)CC1. The zero-order chi connectivity index (χ0) is 21.6. The molecular weight excluding hydrogens is 390 g/mol. The van der Waals surface area contributed by atoms with Crippen molar-refractivity contribution >= 4 is 0 Å². The van der Waals surface area contributed by atoms with E-state index in [2.05, 4.69) is 13.0 Å². The molecule has 0 bridgehead atoms. The number of halogens is 2. The van der Waals surface area contributed by atoms with Crippen LogP contribution < -0.4 is 4.74 Å². The number of benzene rings is 1. The molecule has 2 fully saturated rings. The Morgan fingerprint density at radius 2 is 1.61 bits per heavy atom. The van der Waals surface area contributed by atoms with E-state index in [4.69, 9.17) is 4.74 Å². The summed E-state index contributed by atoms with van der Waals surface area (Å²) in [7, 11) is 0. The standard InChI is InChI=1S/C28H40F2O/c1-2-3-4-20-7-12-23(13-8-20)24-14-10-22(11-15-24)19-31-26-18-17-25(27(29)28(26)30)16-9-21-5-6-21/h10,17-18,20-21,23-24H,2-9,11-16,19H2,1H3. The van der Waals surface area contributed by atoms with Gasteiger partial charge in [0.15, 0.2) is 11.6 Å². The summed E-state index contributed by atoms with van der Waals surface area (Å²) in [5.74, 6) is 1.89. The van der Waals surface area contributed by atoms with Crippen molar-refractivity contribution in [2.24, 2.45) is 23.7 Å². The zero-order valence-corrected chi connectivity index (χ0v) is 19.3. The van der Waals surface area contributed by atoms with E-state index in [1.807, 2.05) is 0 Å². The third kappa shape index (κ3) is 6.33. The van der Waals surface area contributed by atoms with E-state index in [9.17, 15) is 8.78 Å². The molecule has 1 aromatic carbocycles. The van der Waals surface area contributed by atoms with Gasteiger partial charge < -0.3 is 4.74 Å². The van der Waals surface area contributed by atoms with Gasteiger partial charge in [0.05, 0.1) is 0 Å². The van der Waals surface area contributed by atoms with Gasteiger partial charge in [0.2, 0.25) is 5.82 Å². The van der Waals surface area contributed by atoms with Crippen molar-refractivity contribution in [1.29, 1.82) is 0 Å². The first-order chi connectivity index (χ1) is 15.1. The largest absolute Gasteiger partial charge is 0.486 e. The molecule has 3 heteroatoms. The highest BCUT2D eigenvalue weighted by Gasteiger charge is 2.28. The molecule has 4 rings (SSSR count). The number of ether oxygens (including phenoxy) is 1. The first kappa shape index (κ1) is 22.8. The minimum Gasteiger partial charge on any atom is -0.486 e. The lowest BCUT2D eigenvalue weighted by atomic mass is 9.71. The molecule has 0 N–H and O–H groups in total. The van der Waals surface area contributed by atoms with E-state index in [1.54, 1.807) is 12.1 Å². The zero-order valence-electron chi connectivity index (χ0n) is 19.3. The van der Waals surface area contributed by atoms with Crippen LogP contribution in [0.2, 0.25) is 0 Å². The Hall–Kier alpha value is -1.38. The van der Waals surface area contributed by atoms with Crippen molar-refractivity contribution in [3.8, 4) is 5.75 Å². The van der Waals surface area contributed by atoms with Crippen LogP contribution in [-0.4, -0.2) is 6.61 Å². The van der Waals surface area contributed by atoms with E-state index < -0.39 is 11.6 Å². The summed E-state index contributed by atoms with van der Waals surface area (Å²) in [6, 6.07) is 3.32. The molecule has 3 aliphatic carbocycles. The van der Waals surface area contributed by atoms with Crippen molar-refractivity contribution in [3.63, 3.8) is 0 Å². The summed E-state index contributed by atoms with van der Waals surface area (Å²) in [6.07, 6.45) is 19.5. The molecule has 31 heavy (non-hydrogen) atoms. The number of hydrogen-bond donors (Lipinski definition) is 0. The first-order valence-corrected chi connectivity index (χ1v) is 12.9. The van der Waals surface area contributed by atoms with Crippen LogP contribution in [0, 0.1) is 35.3 Å². The fourth-order valence-corrected chi connectivity index (χ4v) is 5.72. The highest BCUT2D eigenvalue weighted by Crippen LogP contribution is 2.41. The van der Waals surface area contributed by atoms with Crippen LogP contribution in [0.15, 0.2) is 23.8 Å². The van der Waals surface area contributed by atoms with Crippen molar-refractivity contribution in [2.45, 2.75) is 96.8 Å². The third-order valence-corrected chi connectivity index (χ3v) is 8.13. The van der Waals surface area contributed by atoms with Crippen LogP contribution in [-0.2, 0) is 6.42 Å². The average molecular weight is 431 g/mol. The third-order valence-electron chi connectivity index (χ3n) is 8.13. The van der Waals surface area contributed by atoms with Gasteiger partial charge >= 0.3 is 0 Å². The maximum absolute atomic E-state index is 14.5. The quantitative estimate of drug-likeness (QED) is 0.339. The van der Waals surface area contributed by atoms with Gasteiger partial charge in [0.1, 0.15) is 6.61 Å². The molecule has 0 aliphatic heterocycles. The molecule has 0 radical (unpaired) electrons. The fraction of sp³-hybridized carbons (Fsp3) is 0.714. The molecule has 0 heterocycles. The van der Waals surface area contributed by atoms with Gasteiger partial charge in [0, 0.05) is 0 Å². The molecular formula is C28H40F2O. The Morgan fingerprint density at radius 1 is 0.871 bits per heavy atom. The number of hydrogen-bond acceptors (Lipinski definition) is 1. The smallest absolute Gasteiger partial charge is 0.200 e. The molecule has 1 atom stereocenters. The van der Waals surface area contributed by atoms with E-state index >= 15 is 0 Å². The lowest BCUT2D eigenvalue weighted by molar-refractivity contribution is 0.183. The number of aryl methyl sites for hydroxylation is 1. The van der Waals surface area contributed by atoms with Gasteiger partial charge in [0.25, 0.3) is 0 Å². The van der Waals surface area contributed by atoms with Gasteiger partial charge in [-0.05, 0) is 85.8 Å². The normalized spacial score (nSPS) is 26.5. The molecule has 172 valence electrons. The second kappa shape index (κ2) is 11.0. The Balaban J connectivity index is 1.22. The minimum atomic E-state index is -0.817. The monoisotopic (exact) mass is 430 g/mol. The van der Waals surface area contributed by atoms with Crippen LogP contribution in [0.1, 0.15) is 96.0 Å². The molecule has 3 aliphatic rings. The molecule has 0 aromatic heterocycles. The van der Waals surface area contributed by atoms with Crippen LogP contribution in [0.3, 0.4) is 0 Å². The molecule has 0 spiro atoms. The lowest BCUT2D eigenvalue weighted by Gasteiger charge is -2.35. The van der Waals surface area contributed by atoms with E-state index in [0.717, 1.165) is 42.9 Å². The van der Waals surface area contributed by atoms with E-state index in [-0.39, 0.29) is 5.75 Å². The van der Waals surface area contributed by atoms with Gasteiger partial charge in [-0.3, -0.25) is 0 Å². The highest BCUT2D eigenvalue weighted by atomic mass is 19.2. The predicted molar refractivity (Wildman–Crippen MR) is 123 cm³/mol. The Bertz CT molecular complexity index is 744. The number of rotatable bonds is 10. The Labute approximate surface area is 187 Å². The maximum atomic E-state index is 14.5. The van der Waals surface area contributed by atoms with Crippen LogP contribution in [0.25, 0.3) is 0 Å². The molecule has 1 aromatic rings. The van der Waals surface area contributed by atoms with E-state index in [1.165, 1.54) is 69.8 Å². The summed E-state index contributed by atoms with van der Waals surface area (Å²) in [6.45, 7) is 2.67. The summed E-state index contributed by atoms with van der Waals surface area (Å²) in [4.78, 5) is 0. The van der Waals surface area contributed by atoms with Gasteiger partial charge in [-0.25, -0.2) is 4.39 Å². The van der Waals surface area contributed by atoms with Crippen molar-refractivity contribution in [2.75, 3.05) is 6.61 Å². The first-order valence-electron chi connectivity index (χ1n) is 12.9. The summed E-state index contributed by atoms with van der Waals surface area (Å²) in [5.41, 5.74) is 1.73. The van der Waals surface area contributed by atoms with Crippen LogP contribution in [0.5, 0.6) is 5.75 Å². The fourth-order valence-electron chi connectivity index (χ4n) is 5.72. The minimum absolute atomic E-state index is 0.0566. The maximum Gasteiger partial charge on any atom is 0.200 e. The summed E-state index contributed by atoms with van der Waals surface area (Å²) < 4.78 is 34.5. The lowest BCUT2D eigenvalue weighted by Crippen LogP contribution is -2.24. The molecule has 2 saturated carbocycles. The van der Waals surface area contributed by atoms with Gasteiger partial charge in [-0.2, -0.15) is 4.39 Å². The molecule has 1 unspecified atom stereocenters. The number of allylic oxidation sites excluding steroid dienone is 1. The van der Waals surface area contributed by atoms with Crippen molar-refractivity contribution < 1.29 is 13.5 Å². The van der Waals surface area contributed by atoms with Crippen LogP contribution in [0.4, 0.5) is 8.78 Å². The van der Waals surface area contributed by atoms with Gasteiger partial charge in [-0.1, -0.05) is 64.0 Å². The van der Waals surface area contributed by atoms with Gasteiger partial charge in [-0.15, -0.1) is 0 Å². The summed E-state index contributed by atoms with van der Waals surface area (Å²) in [5, 5.41) is 0. The summed E-state index contributed by atoms with van der Waals surface area (Å²) >= 11 is 0. The Kier molecular flexibility index (Phi) is 8.07. The van der Waals surface area contributed by atoms with Crippen molar-refractivity contribution in [1.82, 2.24) is 0 Å².